The van der Waals surface area contributed by atoms with Gasteiger partial charge in [0.1, 0.15) is 6.29 Å². The Hall–Kier alpha value is -0.370. The van der Waals surface area contributed by atoms with Crippen molar-refractivity contribution in [1.82, 2.24) is 4.90 Å². The summed E-state index contributed by atoms with van der Waals surface area (Å²) in [5.41, 5.74) is 0. The van der Waals surface area contributed by atoms with Crippen LogP contribution in [0.15, 0.2) is 0 Å². The molecule has 1 saturated heterocycles. The maximum atomic E-state index is 10.8. The van der Waals surface area contributed by atoms with Crippen molar-refractivity contribution in [3.8, 4) is 0 Å². The van der Waals surface area contributed by atoms with Gasteiger partial charge in [0.05, 0.1) is 0 Å². The smallest absolute Gasteiger partial charge is 0.123 e. The summed E-state index contributed by atoms with van der Waals surface area (Å²) in [7, 11) is 0. The molecule has 2 heteroatoms. The number of rotatable bonds is 2. The van der Waals surface area contributed by atoms with Crippen molar-refractivity contribution in [1.29, 1.82) is 0 Å². The first-order valence-corrected chi connectivity index (χ1v) is 5.95. The molecule has 0 amide bonds. The fourth-order valence-electron chi connectivity index (χ4n) is 3.17. The lowest BCUT2D eigenvalue weighted by Crippen LogP contribution is -2.54. The van der Waals surface area contributed by atoms with Crippen LogP contribution >= 0.6 is 0 Å². The average Bonchev–Trinajstić information content (AvgIpc) is 2.07. The number of hydrogen-bond acceptors (Lipinski definition) is 2. The van der Waals surface area contributed by atoms with Gasteiger partial charge in [-0.1, -0.05) is 6.42 Å². The van der Waals surface area contributed by atoms with Crippen molar-refractivity contribution < 1.29 is 4.79 Å². The summed E-state index contributed by atoms with van der Waals surface area (Å²) in [6, 6.07) is 2.05. The summed E-state index contributed by atoms with van der Waals surface area (Å²) >= 11 is 0. The van der Waals surface area contributed by atoms with Gasteiger partial charge in [0.2, 0.25) is 0 Å². The van der Waals surface area contributed by atoms with Crippen LogP contribution in [0.1, 0.15) is 46.0 Å². The molecular formula is C12H21NO. The summed E-state index contributed by atoms with van der Waals surface area (Å²) in [4.78, 5) is 13.4. The van der Waals surface area contributed by atoms with Crippen LogP contribution in [0.2, 0.25) is 0 Å². The molecule has 0 N–H and O–H groups in total. The van der Waals surface area contributed by atoms with E-state index in [9.17, 15) is 4.79 Å². The lowest BCUT2D eigenvalue weighted by Gasteiger charge is -2.49. The molecule has 0 aromatic carbocycles. The van der Waals surface area contributed by atoms with E-state index in [0.29, 0.717) is 18.0 Å². The molecule has 14 heavy (non-hydrogen) atoms. The van der Waals surface area contributed by atoms with Crippen molar-refractivity contribution in [2.45, 2.75) is 64.1 Å². The van der Waals surface area contributed by atoms with Gasteiger partial charge in [0.25, 0.3) is 0 Å². The van der Waals surface area contributed by atoms with Gasteiger partial charge >= 0.3 is 0 Å². The molecule has 2 aliphatic rings. The second-order valence-corrected chi connectivity index (χ2v) is 5.10. The zero-order chi connectivity index (χ0) is 10.1. The van der Waals surface area contributed by atoms with E-state index in [4.69, 9.17) is 0 Å². The maximum absolute atomic E-state index is 10.8. The third kappa shape index (κ3) is 1.72. The van der Waals surface area contributed by atoms with Gasteiger partial charge in [-0.25, -0.2) is 0 Å². The Labute approximate surface area is 86.7 Å². The Morgan fingerprint density at radius 1 is 1.14 bits per heavy atom. The molecule has 1 aliphatic heterocycles. The molecule has 0 spiro atoms. The molecule has 2 atom stereocenters. The van der Waals surface area contributed by atoms with Gasteiger partial charge < -0.3 is 4.79 Å². The van der Waals surface area contributed by atoms with E-state index >= 15 is 0 Å². The van der Waals surface area contributed by atoms with Crippen molar-refractivity contribution in [3.63, 3.8) is 0 Å². The summed E-state index contributed by atoms with van der Waals surface area (Å²) in [5, 5.41) is 0. The van der Waals surface area contributed by atoms with E-state index in [0.717, 1.165) is 25.2 Å². The van der Waals surface area contributed by atoms with Gasteiger partial charge in [-0.3, -0.25) is 4.90 Å². The highest BCUT2D eigenvalue weighted by Gasteiger charge is 2.37. The number of likely N-dealkylation sites (tertiary alicyclic amines) is 1. The van der Waals surface area contributed by atoms with Crippen molar-refractivity contribution >= 4 is 6.29 Å². The van der Waals surface area contributed by atoms with Crippen LogP contribution in [0.5, 0.6) is 0 Å². The van der Waals surface area contributed by atoms with E-state index in [2.05, 4.69) is 18.7 Å². The summed E-state index contributed by atoms with van der Waals surface area (Å²) in [6.07, 6.45) is 7.46. The summed E-state index contributed by atoms with van der Waals surface area (Å²) in [6.45, 7) is 4.56. The molecule has 1 saturated carbocycles. The zero-order valence-electron chi connectivity index (χ0n) is 9.28. The minimum Gasteiger partial charge on any atom is -0.303 e. The van der Waals surface area contributed by atoms with Gasteiger partial charge in [0.15, 0.2) is 0 Å². The predicted molar refractivity (Wildman–Crippen MR) is 57.2 cm³/mol. The number of carbonyl (C=O) groups excluding carboxylic acids is 1. The van der Waals surface area contributed by atoms with E-state index in [1.807, 2.05) is 0 Å². The first kappa shape index (κ1) is 10.2. The molecular weight excluding hydrogens is 174 g/mol. The van der Waals surface area contributed by atoms with E-state index in [-0.39, 0.29) is 0 Å². The number of carbonyl (C=O) groups is 1. The number of piperidine rings is 1. The lowest BCUT2D eigenvalue weighted by atomic mass is 9.82. The van der Waals surface area contributed by atoms with Crippen molar-refractivity contribution in [2.75, 3.05) is 0 Å². The number of nitrogens with zero attached hydrogens (tertiary/aromatic N) is 1. The van der Waals surface area contributed by atoms with Crippen LogP contribution in [0, 0.1) is 5.92 Å². The SMILES string of the molecule is C[C@H]1CC(C=O)C[C@H](C)N1C1CCC1. The highest BCUT2D eigenvalue weighted by molar-refractivity contribution is 5.53. The second kappa shape index (κ2) is 4.01. The third-order valence-electron chi connectivity index (χ3n) is 3.99. The van der Waals surface area contributed by atoms with Crippen LogP contribution < -0.4 is 0 Å². The van der Waals surface area contributed by atoms with Gasteiger partial charge in [-0.2, -0.15) is 0 Å². The number of hydrogen-bond donors (Lipinski definition) is 0. The molecule has 1 aliphatic carbocycles. The summed E-state index contributed by atoms with van der Waals surface area (Å²) < 4.78 is 0. The Morgan fingerprint density at radius 2 is 1.71 bits per heavy atom. The average molecular weight is 195 g/mol. The molecule has 80 valence electrons. The van der Waals surface area contributed by atoms with Crippen LogP contribution in [0.25, 0.3) is 0 Å². The molecule has 0 radical (unpaired) electrons. The minimum absolute atomic E-state index is 0.316. The van der Waals surface area contributed by atoms with Gasteiger partial charge in [0, 0.05) is 24.0 Å². The lowest BCUT2D eigenvalue weighted by molar-refractivity contribution is -0.114. The van der Waals surface area contributed by atoms with Crippen LogP contribution in [0.3, 0.4) is 0 Å². The molecule has 0 aromatic heterocycles. The summed E-state index contributed by atoms with van der Waals surface area (Å²) in [5.74, 6) is 0.316. The highest BCUT2D eigenvalue weighted by Crippen LogP contribution is 2.35. The van der Waals surface area contributed by atoms with E-state index in [1.54, 1.807) is 0 Å². The topological polar surface area (TPSA) is 20.3 Å². The van der Waals surface area contributed by atoms with E-state index < -0.39 is 0 Å². The quantitative estimate of drug-likeness (QED) is 0.630. The normalized spacial score (nSPS) is 40.6. The second-order valence-electron chi connectivity index (χ2n) is 5.10. The Kier molecular flexibility index (Phi) is 2.91. The first-order chi connectivity index (χ1) is 6.72. The highest BCUT2D eigenvalue weighted by atomic mass is 16.1. The molecule has 0 unspecified atom stereocenters. The number of aldehydes is 1. The van der Waals surface area contributed by atoms with Crippen molar-refractivity contribution in [2.24, 2.45) is 5.92 Å². The fourth-order valence-corrected chi connectivity index (χ4v) is 3.17. The van der Waals surface area contributed by atoms with Crippen LogP contribution in [-0.2, 0) is 4.79 Å². The minimum atomic E-state index is 0.316. The molecule has 2 fully saturated rings. The van der Waals surface area contributed by atoms with Crippen LogP contribution in [-0.4, -0.2) is 29.3 Å². The van der Waals surface area contributed by atoms with Crippen LogP contribution in [0.4, 0.5) is 0 Å². The van der Waals surface area contributed by atoms with Gasteiger partial charge in [-0.05, 0) is 39.5 Å². The van der Waals surface area contributed by atoms with Gasteiger partial charge in [-0.15, -0.1) is 0 Å². The third-order valence-corrected chi connectivity index (χ3v) is 3.99. The monoisotopic (exact) mass is 195 g/mol. The van der Waals surface area contributed by atoms with Crippen molar-refractivity contribution in [3.05, 3.63) is 0 Å². The standard InChI is InChI=1S/C12H21NO/c1-9-6-11(8-14)7-10(2)13(9)12-4-3-5-12/h8-12H,3-7H2,1-2H3/t9-,10-/m0/s1. The Morgan fingerprint density at radius 3 is 2.07 bits per heavy atom. The Bertz CT molecular complexity index is 200. The molecule has 0 bridgehead atoms. The molecule has 2 nitrogen and oxygen atoms in total. The molecule has 1 heterocycles. The maximum Gasteiger partial charge on any atom is 0.123 e. The van der Waals surface area contributed by atoms with E-state index in [1.165, 1.54) is 19.3 Å². The zero-order valence-corrected chi connectivity index (χ0v) is 9.28. The Balaban J connectivity index is 1.99. The predicted octanol–water partition coefficient (Wildman–Crippen LogP) is 2.23. The first-order valence-electron chi connectivity index (χ1n) is 5.95. The largest absolute Gasteiger partial charge is 0.303 e. The molecule has 2 rings (SSSR count). The molecule has 0 aromatic rings. The fraction of sp³-hybridized carbons (Fsp3) is 0.917.